The van der Waals surface area contributed by atoms with Crippen LogP contribution in [0.5, 0.6) is 0 Å². The SMILES string of the molecule is Cc1cnc(N(C)C(C)CC(N)=S)nc1. The maximum Gasteiger partial charge on any atom is 0.225 e. The van der Waals surface area contributed by atoms with E-state index >= 15 is 0 Å². The first-order valence-electron chi connectivity index (χ1n) is 4.80. The predicted octanol–water partition coefficient (Wildman–Crippen LogP) is 1.29. The van der Waals surface area contributed by atoms with Crippen molar-refractivity contribution in [2.45, 2.75) is 26.3 Å². The first-order chi connectivity index (χ1) is 7.00. The second-order valence-corrected chi connectivity index (χ2v) is 4.22. The fraction of sp³-hybridized carbons (Fsp3) is 0.500. The second-order valence-electron chi connectivity index (χ2n) is 3.69. The van der Waals surface area contributed by atoms with E-state index in [4.69, 9.17) is 18.0 Å². The zero-order chi connectivity index (χ0) is 11.4. The molecule has 1 atom stereocenters. The molecule has 1 rings (SSSR count). The van der Waals surface area contributed by atoms with Gasteiger partial charge in [0.1, 0.15) is 0 Å². The zero-order valence-corrected chi connectivity index (χ0v) is 10.1. The highest BCUT2D eigenvalue weighted by molar-refractivity contribution is 7.80. The molecule has 4 nitrogen and oxygen atoms in total. The van der Waals surface area contributed by atoms with Gasteiger partial charge in [0.15, 0.2) is 0 Å². The lowest BCUT2D eigenvalue weighted by atomic mass is 10.2. The molecule has 1 aromatic heterocycles. The van der Waals surface area contributed by atoms with Gasteiger partial charge in [0, 0.05) is 31.9 Å². The summed E-state index contributed by atoms with van der Waals surface area (Å²) < 4.78 is 0. The van der Waals surface area contributed by atoms with Crippen molar-refractivity contribution in [3.05, 3.63) is 18.0 Å². The lowest BCUT2D eigenvalue weighted by Gasteiger charge is -2.24. The molecule has 82 valence electrons. The van der Waals surface area contributed by atoms with Crippen molar-refractivity contribution in [2.75, 3.05) is 11.9 Å². The molecule has 0 fully saturated rings. The maximum absolute atomic E-state index is 5.50. The van der Waals surface area contributed by atoms with Crippen LogP contribution in [0.2, 0.25) is 0 Å². The molecule has 2 N–H and O–H groups in total. The van der Waals surface area contributed by atoms with Gasteiger partial charge in [0.2, 0.25) is 5.95 Å². The molecular formula is C10H16N4S. The number of aromatic nitrogens is 2. The van der Waals surface area contributed by atoms with Gasteiger partial charge in [-0.05, 0) is 19.4 Å². The summed E-state index contributed by atoms with van der Waals surface area (Å²) in [6.45, 7) is 4.00. The summed E-state index contributed by atoms with van der Waals surface area (Å²) in [5, 5.41) is 0. The Kier molecular flexibility index (Phi) is 3.96. The summed E-state index contributed by atoms with van der Waals surface area (Å²) in [6, 6.07) is 0.213. The van der Waals surface area contributed by atoms with E-state index in [2.05, 4.69) is 9.97 Å². The first-order valence-corrected chi connectivity index (χ1v) is 5.21. The molecular weight excluding hydrogens is 208 g/mol. The van der Waals surface area contributed by atoms with Gasteiger partial charge < -0.3 is 10.6 Å². The molecule has 0 saturated heterocycles. The fourth-order valence-electron chi connectivity index (χ4n) is 1.19. The van der Waals surface area contributed by atoms with E-state index < -0.39 is 0 Å². The van der Waals surface area contributed by atoms with Crippen molar-refractivity contribution in [1.82, 2.24) is 9.97 Å². The molecule has 0 amide bonds. The quantitative estimate of drug-likeness (QED) is 0.781. The molecule has 0 aliphatic heterocycles. The van der Waals surface area contributed by atoms with E-state index in [1.807, 2.05) is 25.8 Å². The number of aryl methyl sites for hydroxylation is 1. The number of hydrogen-bond acceptors (Lipinski definition) is 4. The molecule has 0 aromatic carbocycles. The minimum atomic E-state index is 0.213. The Morgan fingerprint density at radius 2 is 2.07 bits per heavy atom. The minimum Gasteiger partial charge on any atom is -0.393 e. The Bertz CT molecular complexity index is 336. The molecule has 15 heavy (non-hydrogen) atoms. The van der Waals surface area contributed by atoms with Crippen LogP contribution >= 0.6 is 12.2 Å². The normalized spacial score (nSPS) is 12.2. The Labute approximate surface area is 95.5 Å². The van der Waals surface area contributed by atoms with E-state index in [0.29, 0.717) is 17.4 Å². The zero-order valence-electron chi connectivity index (χ0n) is 9.27. The van der Waals surface area contributed by atoms with Gasteiger partial charge in [-0.1, -0.05) is 12.2 Å². The smallest absolute Gasteiger partial charge is 0.225 e. The van der Waals surface area contributed by atoms with E-state index in [0.717, 1.165) is 5.56 Å². The molecule has 5 heteroatoms. The molecule has 1 heterocycles. The van der Waals surface area contributed by atoms with Crippen LogP contribution in [0.4, 0.5) is 5.95 Å². The summed E-state index contributed by atoms with van der Waals surface area (Å²) in [4.78, 5) is 11.0. The lowest BCUT2D eigenvalue weighted by molar-refractivity contribution is 0.693. The number of hydrogen-bond donors (Lipinski definition) is 1. The van der Waals surface area contributed by atoms with Crippen molar-refractivity contribution >= 4 is 23.2 Å². The molecule has 0 radical (unpaired) electrons. The van der Waals surface area contributed by atoms with Gasteiger partial charge in [0.05, 0.1) is 4.99 Å². The summed E-state index contributed by atoms with van der Waals surface area (Å²) in [5.41, 5.74) is 6.55. The second kappa shape index (κ2) is 5.02. The summed E-state index contributed by atoms with van der Waals surface area (Å²) >= 11 is 4.87. The Morgan fingerprint density at radius 1 is 1.53 bits per heavy atom. The van der Waals surface area contributed by atoms with E-state index in [9.17, 15) is 0 Å². The fourth-order valence-corrected chi connectivity index (χ4v) is 1.43. The molecule has 0 bridgehead atoms. The largest absolute Gasteiger partial charge is 0.393 e. The third kappa shape index (κ3) is 3.43. The molecule has 1 aromatic rings. The summed E-state index contributed by atoms with van der Waals surface area (Å²) in [5.74, 6) is 0.698. The number of rotatable bonds is 4. The average Bonchev–Trinajstić information content (AvgIpc) is 2.17. The van der Waals surface area contributed by atoms with Gasteiger partial charge in [0.25, 0.3) is 0 Å². The lowest BCUT2D eigenvalue weighted by Crippen LogP contribution is -2.33. The van der Waals surface area contributed by atoms with Gasteiger partial charge in [-0.25, -0.2) is 9.97 Å². The van der Waals surface area contributed by atoms with Crippen LogP contribution in [0.25, 0.3) is 0 Å². The Morgan fingerprint density at radius 3 is 2.53 bits per heavy atom. The van der Waals surface area contributed by atoms with Crippen LogP contribution < -0.4 is 10.6 Å². The molecule has 0 aliphatic rings. The Hall–Kier alpha value is -1.23. The van der Waals surface area contributed by atoms with Crippen molar-refractivity contribution in [1.29, 1.82) is 0 Å². The van der Waals surface area contributed by atoms with Crippen LogP contribution in [-0.2, 0) is 0 Å². The van der Waals surface area contributed by atoms with Crippen LogP contribution in [0.1, 0.15) is 18.9 Å². The molecule has 1 unspecified atom stereocenters. The predicted molar refractivity (Wildman–Crippen MR) is 66.0 cm³/mol. The van der Waals surface area contributed by atoms with Gasteiger partial charge in [-0.2, -0.15) is 0 Å². The highest BCUT2D eigenvalue weighted by Gasteiger charge is 2.12. The first kappa shape index (κ1) is 11.8. The van der Waals surface area contributed by atoms with Crippen LogP contribution in [0.15, 0.2) is 12.4 Å². The van der Waals surface area contributed by atoms with Crippen molar-refractivity contribution in [2.24, 2.45) is 5.73 Å². The monoisotopic (exact) mass is 224 g/mol. The number of nitrogens with zero attached hydrogens (tertiary/aromatic N) is 3. The number of nitrogens with two attached hydrogens (primary N) is 1. The summed E-state index contributed by atoms with van der Waals surface area (Å²) in [6.07, 6.45) is 4.27. The minimum absolute atomic E-state index is 0.213. The topological polar surface area (TPSA) is 55.0 Å². The van der Waals surface area contributed by atoms with Gasteiger partial charge in [-0.3, -0.25) is 0 Å². The molecule has 0 saturated carbocycles. The highest BCUT2D eigenvalue weighted by Crippen LogP contribution is 2.10. The van der Waals surface area contributed by atoms with Crippen LogP contribution in [-0.4, -0.2) is 28.0 Å². The van der Waals surface area contributed by atoms with Crippen molar-refractivity contribution < 1.29 is 0 Å². The maximum atomic E-state index is 5.50. The van der Waals surface area contributed by atoms with Crippen molar-refractivity contribution in [3.8, 4) is 0 Å². The number of thiocarbonyl (C=S) groups is 1. The highest BCUT2D eigenvalue weighted by atomic mass is 32.1. The van der Waals surface area contributed by atoms with E-state index in [-0.39, 0.29) is 6.04 Å². The third-order valence-electron chi connectivity index (χ3n) is 2.24. The Balaban J connectivity index is 2.71. The van der Waals surface area contributed by atoms with E-state index in [1.165, 1.54) is 0 Å². The molecule has 0 spiro atoms. The average molecular weight is 224 g/mol. The van der Waals surface area contributed by atoms with Crippen LogP contribution in [0.3, 0.4) is 0 Å². The molecule has 0 aliphatic carbocycles. The van der Waals surface area contributed by atoms with Crippen LogP contribution in [0, 0.1) is 6.92 Å². The number of anilines is 1. The van der Waals surface area contributed by atoms with Gasteiger partial charge >= 0.3 is 0 Å². The summed E-state index contributed by atoms with van der Waals surface area (Å²) in [7, 11) is 1.94. The van der Waals surface area contributed by atoms with Gasteiger partial charge in [-0.15, -0.1) is 0 Å². The standard InChI is InChI=1S/C10H16N4S/c1-7-5-12-10(13-6-7)14(3)8(2)4-9(11)15/h5-6,8H,4H2,1-3H3,(H2,11,15). The van der Waals surface area contributed by atoms with Crippen molar-refractivity contribution in [3.63, 3.8) is 0 Å². The van der Waals surface area contributed by atoms with E-state index in [1.54, 1.807) is 12.4 Å². The third-order valence-corrected chi connectivity index (χ3v) is 2.41.